The Balaban J connectivity index is 2.61. The molecule has 0 unspecified atom stereocenters. The van der Waals surface area contributed by atoms with E-state index in [-0.39, 0.29) is 21.5 Å². The standard InChI is InChI=1S/C16H10N2O6/c19-13-11-3-1-2-4-12(11)14(20)18-24-16(22)10-7-5-9(6-8-10)15(21)23-17-13/h1-8H,(H,17,19)(H,18,20). The zero-order chi connectivity index (χ0) is 17.1. The second-order valence-electron chi connectivity index (χ2n) is 4.76. The minimum atomic E-state index is -0.817. The highest BCUT2D eigenvalue weighted by atomic mass is 16.5. The summed E-state index contributed by atoms with van der Waals surface area (Å²) in [5, 5.41) is 4.11. The maximum atomic E-state index is 12.1. The Kier molecular flexibility index (Phi) is 3.94. The number of nitrogens with one attached hydrogen (secondary N) is 2. The van der Waals surface area contributed by atoms with Crippen molar-refractivity contribution in [1.82, 2.24) is 10.3 Å². The minimum absolute atomic E-state index is 0.0511. The summed E-state index contributed by atoms with van der Waals surface area (Å²) in [6.45, 7) is 0. The highest BCUT2D eigenvalue weighted by Crippen LogP contribution is 2.00. The van der Waals surface area contributed by atoms with Crippen molar-refractivity contribution in [3.05, 3.63) is 90.1 Å². The Morgan fingerprint density at radius 1 is 0.583 bits per heavy atom. The number of hydrogen-bond donors (Lipinski definition) is 2. The van der Waals surface area contributed by atoms with Crippen molar-refractivity contribution in [3.63, 3.8) is 0 Å². The highest BCUT2D eigenvalue weighted by Gasteiger charge is 1.99. The fraction of sp³-hybridized carbons (Fsp3) is 0. The van der Waals surface area contributed by atoms with E-state index in [2.05, 4.69) is 0 Å². The number of hydrogen-bond acceptors (Lipinski definition) is 6. The summed E-state index contributed by atoms with van der Waals surface area (Å²) < 4.78 is 9.42. The van der Waals surface area contributed by atoms with Crippen molar-refractivity contribution in [2.24, 2.45) is 0 Å². The Morgan fingerprint density at radius 2 is 0.958 bits per heavy atom. The predicted octanol–water partition coefficient (Wildman–Crippen LogP) is 0.963. The molecule has 2 aromatic heterocycles. The van der Waals surface area contributed by atoms with Gasteiger partial charge in [-0.05, 0) is 36.4 Å². The molecule has 4 aromatic rings. The van der Waals surface area contributed by atoms with E-state index in [0.717, 1.165) is 0 Å². The Bertz CT molecular complexity index is 1130. The van der Waals surface area contributed by atoms with Gasteiger partial charge in [-0.2, -0.15) is 10.3 Å². The van der Waals surface area contributed by atoms with Gasteiger partial charge in [-0.25, -0.2) is 9.59 Å². The minimum Gasteiger partial charge on any atom is -0.335 e. The maximum Gasteiger partial charge on any atom is 0.362 e. The Hall–Kier alpha value is -3.68. The lowest BCUT2D eigenvalue weighted by atomic mass is 10.2. The van der Waals surface area contributed by atoms with Gasteiger partial charge >= 0.3 is 11.3 Å². The fourth-order valence-electron chi connectivity index (χ4n) is 2.03. The summed E-state index contributed by atoms with van der Waals surface area (Å²) in [7, 11) is 0. The molecule has 2 aromatic carbocycles. The van der Waals surface area contributed by atoms with Crippen molar-refractivity contribution >= 4 is 21.5 Å². The molecule has 0 radical (unpaired) electrons. The van der Waals surface area contributed by atoms with E-state index in [4.69, 9.17) is 9.05 Å². The molecular formula is C16H10N2O6. The molecule has 0 saturated carbocycles. The molecule has 8 nitrogen and oxygen atoms in total. The van der Waals surface area contributed by atoms with E-state index in [9.17, 15) is 19.2 Å². The second-order valence-corrected chi connectivity index (χ2v) is 4.76. The molecule has 8 heteroatoms. The quantitative estimate of drug-likeness (QED) is 0.633. The average Bonchev–Trinajstić information content (AvgIpc) is 2.63. The maximum absolute atomic E-state index is 12.1. The normalized spacial score (nSPS) is 10.3. The first-order chi connectivity index (χ1) is 11.6. The van der Waals surface area contributed by atoms with Crippen LogP contribution in [0.5, 0.6) is 0 Å². The van der Waals surface area contributed by atoms with Gasteiger partial charge in [-0.1, -0.05) is 12.1 Å². The molecule has 2 N–H and O–H groups in total. The molecule has 120 valence electrons. The molecule has 0 aliphatic heterocycles. The first-order valence-electron chi connectivity index (χ1n) is 6.78. The van der Waals surface area contributed by atoms with Gasteiger partial charge in [-0.3, -0.25) is 9.59 Å². The smallest absolute Gasteiger partial charge is 0.335 e. The van der Waals surface area contributed by atoms with E-state index in [1.165, 1.54) is 48.5 Å². The number of aromatic amines is 2. The Morgan fingerprint density at radius 3 is 1.33 bits per heavy atom. The van der Waals surface area contributed by atoms with E-state index >= 15 is 0 Å². The first-order valence-corrected chi connectivity index (χ1v) is 6.78. The molecule has 0 atom stereocenters. The van der Waals surface area contributed by atoms with Gasteiger partial charge in [0, 0.05) is 0 Å². The van der Waals surface area contributed by atoms with Crippen molar-refractivity contribution in [2.75, 3.05) is 0 Å². The van der Waals surface area contributed by atoms with Crippen LogP contribution in [0.4, 0.5) is 0 Å². The van der Waals surface area contributed by atoms with Crippen LogP contribution in [0, 0.1) is 0 Å². The lowest BCUT2D eigenvalue weighted by Gasteiger charge is -1.89. The summed E-state index contributed by atoms with van der Waals surface area (Å²) >= 11 is 0. The topological polar surface area (TPSA) is 126 Å². The molecule has 0 aliphatic carbocycles. The monoisotopic (exact) mass is 326 g/mol. The number of fused-ring (bicyclic) bond motifs is 8. The fourth-order valence-corrected chi connectivity index (χ4v) is 2.03. The first kappa shape index (κ1) is 15.2. The summed E-state index contributed by atoms with van der Waals surface area (Å²) in [5.74, 6) is 0. The third kappa shape index (κ3) is 2.93. The van der Waals surface area contributed by atoms with Crippen LogP contribution >= 0.6 is 0 Å². The van der Waals surface area contributed by atoms with Gasteiger partial charge in [0.1, 0.15) is 0 Å². The van der Waals surface area contributed by atoms with Crippen LogP contribution in [0.1, 0.15) is 0 Å². The number of benzene rings is 2. The van der Waals surface area contributed by atoms with Crippen LogP contribution in [0.3, 0.4) is 0 Å². The van der Waals surface area contributed by atoms with Crippen LogP contribution in [0.25, 0.3) is 21.5 Å². The lowest BCUT2D eigenvalue weighted by Crippen LogP contribution is -2.11. The molecule has 0 amide bonds. The molecule has 0 aliphatic rings. The summed E-state index contributed by atoms with van der Waals surface area (Å²) in [4.78, 5) is 47.9. The average molecular weight is 326 g/mol. The Labute approximate surface area is 131 Å². The van der Waals surface area contributed by atoms with E-state index in [1.807, 2.05) is 10.3 Å². The van der Waals surface area contributed by atoms with Crippen molar-refractivity contribution < 1.29 is 9.05 Å². The van der Waals surface area contributed by atoms with E-state index < -0.39 is 22.4 Å². The van der Waals surface area contributed by atoms with Crippen molar-refractivity contribution in [2.45, 2.75) is 0 Å². The lowest BCUT2D eigenvalue weighted by molar-refractivity contribution is 0.371. The van der Waals surface area contributed by atoms with Gasteiger partial charge in [0.25, 0.3) is 11.1 Å². The number of rotatable bonds is 0. The third-order valence-electron chi connectivity index (χ3n) is 3.25. The highest BCUT2D eigenvalue weighted by molar-refractivity contribution is 5.79. The van der Waals surface area contributed by atoms with E-state index in [1.54, 1.807) is 0 Å². The van der Waals surface area contributed by atoms with Gasteiger partial charge in [0.05, 0.1) is 21.5 Å². The molecule has 2 bridgehead atoms. The van der Waals surface area contributed by atoms with Crippen LogP contribution < -0.4 is 22.4 Å². The van der Waals surface area contributed by atoms with Crippen LogP contribution in [-0.4, -0.2) is 10.3 Å². The number of aromatic nitrogens is 2. The number of H-pyrrole nitrogens is 2. The summed E-state index contributed by atoms with van der Waals surface area (Å²) in [6.07, 6.45) is 0. The molecule has 2 heterocycles. The largest absolute Gasteiger partial charge is 0.362 e. The zero-order valence-electron chi connectivity index (χ0n) is 12.1. The van der Waals surface area contributed by atoms with Gasteiger partial charge in [0.2, 0.25) is 0 Å². The van der Waals surface area contributed by atoms with Crippen LogP contribution in [-0.2, 0) is 0 Å². The van der Waals surface area contributed by atoms with Crippen LogP contribution in [0.2, 0.25) is 0 Å². The van der Waals surface area contributed by atoms with E-state index in [0.29, 0.717) is 0 Å². The van der Waals surface area contributed by atoms with Gasteiger partial charge < -0.3 is 9.05 Å². The summed E-state index contributed by atoms with van der Waals surface area (Å²) in [5.41, 5.74) is -3.23. The van der Waals surface area contributed by atoms with Crippen molar-refractivity contribution in [3.8, 4) is 0 Å². The molecular weight excluding hydrogens is 316 g/mol. The predicted molar refractivity (Wildman–Crippen MR) is 86.2 cm³/mol. The molecule has 24 heavy (non-hydrogen) atoms. The SMILES string of the molecule is O=c1o[nH]c(=O)c2ccccc2c(=O)[nH]oc(=O)c2ccc1cc2. The third-order valence-corrected chi connectivity index (χ3v) is 3.25. The second kappa shape index (κ2) is 6.21. The van der Waals surface area contributed by atoms with Gasteiger partial charge in [-0.15, -0.1) is 0 Å². The van der Waals surface area contributed by atoms with Crippen molar-refractivity contribution in [1.29, 1.82) is 0 Å². The molecule has 0 saturated heterocycles. The zero-order valence-corrected chi connectivity index (χ0v) is 12.1. The molecule has 0 spiro atoms. The summed E-state index contributed by atoms with van der Waals surface area (Å²) in [6, 6.07) is 11.1. The van der Waals surface area contributed by atoms with Crippen LogP contribution in [0.15, 0.2) is 76.8 Å². The molecule has 0 fully saturated rings. The van der Waals surface area contributed by atoms with Gasteiger partial charge in [0.15, 0.2) is 0 Å². The molecule has 4 rings (SSSR count).